The van der Waals surface area contributed by atoms with Crippen LogP contribution in [0.4, 0.5) is 5.69 Å². The van der Waals surface area contributed by atoms with Crippen LogP contribution in [-0.4, -0.2) is 29.9 Å². The van der Waals surface area contributed by atoms with Gasteiger partial charge < -0.3 is 14.6 Å². The van der Waals surface area contributed by atoms with Gasteiger partial charge >= 0.3 is 0 Å². The Bertz CT molecular complexity index is 619. The highest BCUT2D eigenvalue weighted by molar-refractivity contribution is 5.56. The average molecular weight is 285 g/mol. The highest BCUT2D eigenvalue weighted by Gasteiger charge is 2.27. The van der Waals surface area contributed by atoms with Crippen molar-refractivity contribution in [2.24, 2.45) is 5.92 Å². The summed E-state index contributed by atoms with van der Waals surface area (Å²) in [5.41, 5.74) is 2.43. The van der Waals surface area contributed by atoms with Crippen molar-refractivity contribution in [3.05, 3.63) is 41.5 Å². The Morgan fingerprint density at radius 3 is 3.10 bits per heavy atom. The average Bonchev–Trinajstić information content (AvgIpc) is 3.19. The first-order valence-corrected chi connectivity index (χ1v) is 7.63. The summed E-state index contributed by atoms with van der Waals surface area (Å²) < 4.78 is 10.9. The predicted octanol–water partition coefficient (Wildman–Crippen LogP) is 2.60. The Labute approximate surface area is 123 Å². The molecule has 0 spiro atoms. The van der Waals surface area contributed by atoms with E-state index < -0.39 is 0 Å². The first-order valence-electron chi connectivity index (χ1n) is 7.63. The summed E-state index contributed by atoms with van der Waals surface area (Å²) in [4.78, 5) is 4.64. The molecule has 1 saturated heterocycles. The quantitative estimate of drug-likeness (QED) is 0.939. The Hall–Kier alpha value is -1.88. The van der Waals surface area contributed by atoms with E-state index in [2.05, 4.69) is 33.7 Å². The summed E-state index contributed by atoms with van der Waals surface area (Å²) in [5.74, 6) is 2.31. The normalized spacial score (nSPS) is 24.6. The Morgan fingerprint density at radius 2 is 2.19 bits per heavy atom. The van der Waals surface area contributed by atoms with Gasteiger partial charge in [-0.2, -0.15) is 4.98 Å². The van der Waals surface area contributed by atoms with Crippen LogP contribution in [0.5, 0.6) is 0 Å². The summed E-state index contributed by atoms with van der Waals surface area (Å²) in [6.45, 7) is 2.62. The van der Waals surface area contributed by atoms with E-state index in [0.29, 0.717) is 5.92 Å². The molecule has 2 atom stereocenters. The zero-order valence-corrected chi connectivity index (χ0v) is 11.9. The smallest absolute Gasteiger partial charge is 0.234 e. The van der Waals surface area contributed by atoms with E-state index in [1.165, 1.54) is 11.3 Å². The first-order chi connectivity index (χ1) is 10.4. The number of fused-ring (bicyclic) bond motifs is 1. The Balaban J connectivity index is 1.56. The SMILES string of the molecule is c1ccc2c(c1)NCCC2c1nc(CC2CCOC2)no1. The second-order valence-electron chi connectivity index (χ2n) is 5.84. The maximum atomic E-state index is 5.54. The van der Waals surface area contributed by atoms with Gasteiger partial charge in [-0.05, 0) is 30.4 Å². The molecule has 5 nitrogen and oxygen atoms in total. The van der Waals surface area contributed by atoms with Crippen molar-refractivity contribution in [3.63, 3.8) is 0 Å². The second kappa shape index (κ2) is 5.48. The number of rotatable bonds is 3. The van der Waals surface area contributed by atoms with Gasteiger partial charge in [0.05, 0.1) is 5.92 Å². The molecule has 1 aromatic carbocycles. The van der Waals surface area contributed by atoms with Crippen molar-refractivity contribution < 1.29 is 9.26 Å². The van der Waals surface area contributed by atoms with Crippen molar-refractivity contribution >= 4 is 5.69 Å². The van der Waals surface area contributed by atoms with Crippen molar-refractivity contribution in [2.45, 2.75) is 25.2 Å². The van der Waals surface area contributed by atoms with Crippen molar-refractivity contribution in [1.29, 1.82) is 0 Å². The predicted molar refractivity (Wildman–Crippen MR) is 78.3 cm³/mol. The number of para-hydroxylation sites is 1. The minimum absolute atomic E-state index is 0.212. The number of hydrogen-bond acceptors (Lipinski definition) is 5. The van der Waals surface area contributed by atoms with Crippen LogP contribution in [-0.2, 0) is 11.2 Å². The maximum Gasteiger partial charge on any atom is 0.234 e. The van der Waals surface area contributed by atoms with Gasteiger partial charge in [-0.3, -0.25) is 0 Å². The largest absolute Gasteiger partial charge is 0.385 e. The molecule has 3 heterocycles. The van der Waals surface area contributed by atoms with Crippen molar-refractivity contribution in [2.75, 3.05) is 25.1 Å². The molecule has 2 aliphatic heterocycles. The lowest BCUT2D eigenvalue weighted by Gasteiger charge is -2.23. The van der Waals surface area contributed by atoms with Crippen molar-refractivity contribution in [3.8, 4) is 0 Å². The molecular formula is C16H19N3O2. The standard InChI is InChI=1S/C16H19N3O2/c1-2-4-14-12(3-1)13(5-7-17-14)16-18-15(19-21-16)9-11-6-8-20-10-11/h1-4,11,13,17H,5-10H2. The molecular weight excluding hydrogens is 266 g/mol. The highest BCUT2D eigenvalue weighted by Crippen LogP contribution is 2.35. The first kappa shape index (κ1) is 12.8. The minimum Gasteiger partial charge on any atom is -0.385 e. The van der Waals surface area contributed by atoms with E-state index >= 15 is 0 Å². The maximum absolute atomic E-state index is 5.54. The summed E-state index contributed by atoms with van der Waals surface area (Å²) in [7, 11) is 0. The molecule has 2 unspecified atom stereocenters. The van der Waals surface area contributed by atoms with Gasteiger partial charge in [-0.15, -0.1) is 0 Å². The van der Waals surface area contributed by atoms with Gasteiger partial charge in [0.1, 0.15) is 0 Å². The molecule has 4 rings (SSSR count). The van der Waals surface area contributed by atoms with Crippen LogP contribution in [0, 0.1) is 5.92 Å². The van der Waals surface area contributed by atoms with Crippen LogP contribution in [0.25, 0.3) is 0 Å². The molecule has 21 heavy (non-hydrogen) atoms. The van der Waals surface area contributed by atoms with Crippen LogP contribution >= 0.6 is 0 Å². The number of nitrogens with zero attached hydrogens (tertiary/aromatic N) is 2. The summed E-state index contributed by atoms with van der Waals surface area (Å²) in [5, 5.41) is 7.59. The number of benzene rings is 1. The van der Waals surface area contributed by atoms with Crippen LogP contribution in [0.15, 0.2) is 28.8 Å². The highest BCUT2D eigenvalue weighted by atomic mass is 16.5. The number of nitrogens with one attached hydrogen (secondary N) is 1. The molecule has 0 radical (unpaired) electrons. The minimum atomic E-state index is 0.212. The van der Waals surface area contributed by atoms with E-state index in [9.17, 15) is 0 Å². The molecule has 1 N–H and O–H groups in total. The fourth-order valence-corrected chi connectivity index (χ4v) is 3.22. The Morgan fingerprint density at radius 1 is 1.24 bits per heavy atom. The molecule has 110 valence electrons. The molecule has 0 aliphatic carbocycles. The van der Waals surface area contributed by atoms with E-state index in [-0.39, 0.29) is 5.92 Å². The van der Waals surface area contributed by atoms with E-state index in [4.69, 9.17) is 9.26 Å². The molecule has 2 aliphatic rings. The molecule has 1 fully saturated rings. The molecule has 2 aromatic rings. The summed E-state index contributed by atoms with van der Waals surface area (Å²) in [6, 6.07) is 8.36. The van der Waals surface area contributed by atoms with Gasteiger partial charge in [0.15, 0.2) is 5.82 Å². The Kier molecular flexibility index (Phi) is 3.35. The molecule has 0 bridgehead atoms. The van der Waals surface area contributed by atoms with Crippen molar-refractivity contribution in [1.82, 2.24) is 10.1 Å². The third-order valence-electron chi connectivity index (χ3n) is 4.36. The van der Waals surface area contributed by atoms with Crippen LogP contribution in [0.2, 0.25) is 0 Å². The molecule has 5 heteroatoms. The third kappa shape index (κ3) is 2.53. The van der Waals surface area contributed by atoms with Gasteiger partial charge in [-0.25, -0.2) is 0 Å². The topological polar surface area (TPSA) is 60.2 Å². The zero-order chi connectivity index (χ0) is 14.1. The van der Waals surface area contributed by atoms with E-state index in [0.717, 1.165) is 50.7 Å². The van der Waals surface area contributed by atoms with Gasteiger partial charge in [0.25, 0.3) is 0 Å². The summed E-state index contributed by atoms with van der Waals surface area (Å²) in [6.07, 6.45) is 2.95. The van der Waals surface area contributed by atoms with E-state index in [1.807, 2.05) is 6.07 Å². The van der Waals surface area contributed by atoms with Crippen LogP contribution in [0.3, 0.4) is 0 Å². The van der Waals surface area contributed by atoms with Crippen LogP contribution < -0.4 is 5.32 Å². The number of anilines is 1. The lowest BCUT2D eigenvalue weighted by atomic mass is 9.91. The summed E-state index contributed by atoms with van der Waals surface area (Å²) >= 11 is 0. The zero-order valence-electron chi connectivity index (χ0n) is 11.9. The number of aromatic nitrogens is 2. The molecule has 0 amide bonds. The lowest BCUT2D eigenvalue weighted by Crippen LogP contribution is -2.17. The van der Waals surface area contributed by atoms with Crippen LogP contribution in [0.1, 0.15) is 36.0 Å². The van der Waals surface area contributed by atoms with Gasteiger partial charge in [0.2, 0.25) is 5.89 Å². The molecule has 0 saturated carbocycles. The molecule has 1 aromatic heterocycles. The van der Waals surface area contributed by atoms with E-state index in [1.54, 1.807) is 0 Å². The monoisotopic (exact) mass is 285 g/mol. The fourth-order valence-electron chi connectivity index (χ4n) is 3.22. The number of hydrogen-bond donors (Lipinski definition) is 1. The number of ether oxygens (including phenoxy) is 1. The lowest BCUT2D eigenvalue weighted by molar-refractivity contribution is 0.185. The fraction of sp³-hybridized carbons (Fsp3) is 0.500. The second-order valence-corrected chi connectivity index (χ2v) is 5.84. The third-order valence-corrected chi connectivity index (χ3v) is 4.36. The van der Waals surface area contributed by atoms with Gasteiger partial charge in [0, 0.05) is 31.9 Å². The van der Waals surface area contributed by atoms with Gasteiger partial charge in [-0.1, -0.05) is 23.4 Å².